The van der Waals surface area contributed by atoms with E-state index in [2.05, 4.69) is 21.9 Å². The SMILES string of the molecule is C=Cc1c(C)c2cc3nc(c(C(=O)NC(CCCCN)C(=O)O)c4[nH]c(cc5nc(cc1[nH]2)C(C)=C5CC)c(C)c4C(=O)O)[C@@H](CCC(=O)O)[C@@H]3C. The molecule has 3 aromatic rings. The van der Waals surface area contributed by atoms with E-state index >= 15 is 0 Å². The van der Waals surface area contributed by atoms with Crippen LogP contribution in [0.4, 0.5) is 0 Å². The molecule has 0 saturated heterocycles. The second-order valence-electron chi connectivity index (χ2n) is 13.5. The van der Waals surface area contributed by atoms with E-state index in [-0.39, 0.29) is 41.6 Å². The van der Waals surface area contributed by atoms with Crippen molar-refractivity contribution in [2.75, 3.05) is 6.54 Å². The Bertz CT molecular complexity index is 2180. The molecule has 0 fully saturated rings. The summed E-state index contributed by atoms with van der Waals surface area (Å²) in [5.74, 6) is -5.49. The first kappa shape index (κ1) is 37.7. The highest BCUT2D eigenvalue weighted by molar-refractivity contribution is 6.11. The Hall–Kier alpha value is -5.56. The summed E-state index contributed by atoms with van der Waals surface area (Å²) in [6, 6.07) is 4.27. The molecule has 5 heterocycles. The molecule has 1 unspecified atom stereocenters. The van der Waals surface area contributed by atoms with Crippen molar-refractivity contribution in [1.82, 2.24) is 25.3 Å². The molecule has 3 aromatic heterocycles. The molecule has 0 spiro atoms. The van der Waals surface area contributed by atoms with E-state index in [0.717, 1.165) is 39.0 Å². The van der Waals surface area contributed by atoms with Crippen LogP contribution in [0.15, 0.2) is 24.8 Å². The van der Waals surface area contributed by atoms with Crippen LogP contribution in [0.2, 0.25) is 0 Å². The maximum atomic E-state index is 14.5. The maximum absolute atomic E-state index is 14.5. The number of aromatic nitrogens is 4. The lowest BCUT2D eigenvalue weighted by Crippen LogP contribution is -2.41. The molecule has 0 aromatic carbocycles. The van der Waals surface area contributed by atoms with Crippen LogP contribution < -0.4 is 11.1 Å². The largest absolute Gasteiger partial charge is 0.481 e. The van der Waals surface area contributed by atoms with Crippen LogP contribution in [0.1, 0.15) is 131 Å². The molecule has 274 valence electrons. The molecular weight excluding hydrogens is 664 g/mol. The molecule has 13 nitrogen and oxygen atoms in total. The molecule has 0 radical (unpaired) electrons. The minimum Gasteiger partial charge on any atom is -0.481 e. The topological polar surface area (TPSA) is 224 Å². The Kier molecular flexibility index (Phi) is 11.1. The number of aromatic carboxylic acids is 1. The lowest BCUT2D eigenvalue weighted by Gasteiger charge is -2.19. The minimum atomic E-state index is -1.31. The summed E-state index contributed by atoms with van der Waals surface area (Å²) in [6.45, 7) is 13.9. The second-order valence-corrected chi connectivity index (χ2v) is 13.5. The fraction of sp³-hybridized carbons (Fsp3) is 0.385. The number of unbranched alkanes of at least 4 members (excludes halogenated alkanes) is 1. The van der Waals surface area contributed by atoms with E-state index < -0.39 is 41.7 Å². The number of amides is 1. The fourth-order valence-electron chi connectivity index (χ4n) is 7.32. The van der Waals surface area contributed by atoms with E-state index in [9.17, 15) is 34.5 Å². The van der Waals surface area contributed by atoms with Gasteiger partial charge in [0.15, 0.2) is 0 Å². The molecule has 8 bridgehead atoms. The number of nitrogens with two attached hydrogens (primary N) is 1. The molecule has 3 atom stereocenters. The lowest BCUT2D eigenvalue weighted by molar-refractivity contribution is -0.139. The number of allylic oxidation sites excluding steroid dienone is 2. The van der Waals surface area contributed by atoms with E-state index in [4.69, 9.17) is 15.7 Å². The molecule has 2 aliphatic heterocycles. The smallest absolute Gasteiger partial charge is 0.338 e. The van der Waals surface area contributed by atoms with E-state index in [1.165, 1.54) is 0 Å². The van der Waals surface area contributed by atoms with Crippen LogP contribution in [0, 0.1) is 13.8 Å². The molecule has 8 N–H and O–H groups in total. The highest BCUT2D eigenvalue weighted by atomic mass is 16.4. The van der Waals surface area contributed by atoms with Gasteiger partial charge in [-0.1, -0.05) is 26.5 Å². The highest BCUT2D eigenvalue weighted by Gasteiger charge is 2.36. The number of nitrogens with one attached hydrogen (secondary N) is 3. The number of hydrogen-bond acceptors (Lipinski definition) is 7. The quantitative estimate of drug-likeness (QED) is 0.0932. The standard InChI is InChI=1S/C39H46N6O7/c1-7-22-18(3)26-15-28-20(5)24(12-13-32(46)47)35(43-28)34(37(48)45-25(38(49)50)11-9-10-14-40)36-33(39(51)52)21(6)29(44-36)17-31-23(8-2)19(4)27(42-31)16-30(22)41-26/h7,15-17,20,24-25,41,44H,1,8-14,40H2,2-6H3,(H,45,48)(H,46,47)(H,49,50)(H,51,52)/t20-,24-,25?/m0/s1. The number of carbonyl (C=O) groups is 4. The molecule has 0 saturated carbocycles. The Balaban J connectivity index is 1.99. The van der Waals surface area contributed by atoms with Gasteiger partial charge in [-0.15, -0.1) is 0 Å². The summed E-state index contributed by atoms with van der Waals surface area (Å²) >= 11 is 0. The number of aliphatic carboxylic acids is 2. The van der Waals surface area contributed by atoms with Crippen molar-refractivity contribution in [3.63, 3.8) is 0 Å². The van der Waals surface area contributed by atoms with Crippen LogP contribution in [-0.2, 0) is 9.59 Å². The first-order chi connectivity index (χ1) is 24.7. The first-order valence-electron chi connectivity index (χ1n) is 17.5. The van der Waals surface area contributed by atoms with Crippen molar-refractivity contribution in [3.8, 4) is 0 Å². The average molecular weight is 711 g/mol. The predicted molar refractivity (Wildman–Crippen MR) is 200 cm³/mol. The van der Waals surface area contributed by atoms with Crippen molar-refractivity contribution in [2.45, 2.75) is 91.0 Å². The van der Waals surface area contributed by atoms with Gasteiger partial charge in [0.25, 0.3) is 5.91 Å². The van der Waals surface area contributed by atoms with Crippen molar-refractivity contribution >= 4 is 63.1 Å². The van der Waals surface area contributed by atoms with E-state index in [1.54, 1.807) is 19.1 Å². The third kappa shape index (κ3) is 7.13. The van der Waals surface area contributed by atoms with Crippen molar-refractivity contribution in [1.29, 1.82) is 0 Å². The van der Waals surface area contributed by atoms with Gasteiger partial charge in [-0.2, -0.15) is 0 Å². The Labute approximate surface area is 301 Å². The number of H-pyrrole nitrogens is 2. The van der Waals surface area contributed by atoms with Gasteiger partial charge in [0, 0.05) is 46.1 Å². The molecule has 5 rings (SSSR count). The van der Waals surface area contributed by atoms with Gasteiger partial charge in [0.2, 0.25) is 0 Å². The van der Waals surface area contributed by atoms with Gasteiger partial charge in [0.05, 0.1) is 33.7 Å². The van der Waals surface area contributed by atoms with Crippen molar-refractivity contribution in [2.24, 2.45) is 5.73 Å². The zero-order valence-electron chi connectivity index (χ0n) is 30.1. The number of fused-ring (bicyclic) bond motifs is 8. The van der Waals surface area contributed by atoms with Gasteiger partial charge in [0.1, 0.15) is 6.04 Å². The van der Waals surface area contributed by atoms with Gasteiger partial charge < -0.3 is 36.3 Å². The Morgan fingerprint density at radius 3 is 2.27 bits per heavy atom. The highest BCUT2D eigenvalue weighted by Crippen LogP contribution is 2.43. The van der Waals surface area contributed by atoms with Crippen molar-refractivity contribution < 1.29 is 34.5 Å². The van der Waals surface area contributed by atoms with E-state index in [0.29, 0.717) is 48.3 Å². The molecule has 2 aliphatic rings. The van der Waals surface area contributed by atoms with Crippen LogP contribution in [0.25, 0.3) is 39.3 Å². The zero-order valence-corrected chi connectivity index (χ0v) is 30.1. The normalized spacial score (nSPS) is 16.1. The number of rotatable bonds is 13. The summed E-state index contributed by atoms with van der Waals surface area (Å²) in [7, 11) is 0. The third-order valence-electron chi connectivity index (χ3n) is 10.3. The fourth-order valence-corrected chi connectivity index (χ4v) is 7.32. The number of carboxylic acids is 3. The van der Waals surface area contributed by atoms with Gasteiger partial charge in [-0.05, 0) is 99.9 Å². The van der Waals surface area contributed by atoms with E-state index in [1.807, 2.05) is 39.8 Å². The van der Waals surface area contributed by atoms with Crippen LogP contribution in [-0.4, -0.2) is 71.7 Å². The summed E-state index contributed by atoms with van der Waals surface area (Å²) in [6.07, 6.45) is 3.33. The number of carboxylic acid groups (broad SMARTS) is 3. The van der Waals surface area contributed by atoms with Gasteiger partial charge in [-0.3, -0.25) is 14.6 Å². The number of carbonyl (C=O) groups excluding carboxylic acids is 1. The molecule has 52 heavy (non-hydrogen) atoms. The molecule has 13 heteroatoms. The van der Waals surface area contributed by atoms with Crippen LogP contribution >= 0.6 is 0 Å². The zero-order chi connectivity index (χ0) is 38.0. The second kappa shape index (κ2) is 15.4. The Morgan fingerprint density at radius 2 is 1.65 bits per heavy atom. The minimum absolute atomic E-state index is 0.0557. The first-order valence-corrected chi connectivity index (χ1v) is 17.5. The summed E-state index contributed by atoms with van der Waals surface area (Å²) in [4.78, 5) is 68.4. The maximum Gasteiger partial charge on any atom is 0.338 e. The van der Waals surface area contributed by atoms with Crippen molar-refractivity contribution in [3.05, 3.63) is 75.4 Å². The average Bonchev–Trinajstić information content (AvgIpc) is 3.76. The molecule has 0 aliphatic carbocycles. The third-order valence-corrected chi connectivity index (χ3v) is 10.3. The van der Waals surface area contributed by atoms with Crippen LogP contribution in [0.5, 0.6) is 0 Å². The monoisotopic (exact) mass is 710 g/mol. The number of nitrogens with zero attached hydrogens (tertiary/aromatic N) is 2. The number of hydrogen-bond donors (Lipinski definition) is 7. The molecular formula is C39H46N6O7. The predicted octanol–water partition coefficient (Wildman–Crippen LogP) is 6.68. The Morgan fingerprint density at radius 1 is 0.962 bits per heavy atom. The van der Waals surface area contributed by atoms with Crippen LogP contribution in [0.3, 0.4) is 0 Å². The summed E-state index contributed by atoms with van der Waals surface area (Å²) in [5, 5.41) is 33.0. The number of aryl methyl sites for hydroxylation is 2. The van der Waals surface area contributed by atoms with Gasteiger partial charge in [-0.25, -0.2) is 14.6 Å². The summed E-state index contributed by atoms with van der Waals surface area (Å²) < 4.78 is 0. The summed E-state index contributed by atoms with van der Waals surface area (Å²) in [5.41, 5.74) is 13.2. The number of aromatic amines is 2. The van der Waals surface area contributed by atoms with Gasteiger partial charge >= 0.3 is 17.9 Å². The molecule has 1 amide bonds. The lowest BCUT2D eigenvalue weighted by atomic mass is 9.85.